The van der Waals surface area contributed by atoms with Crippen molar-refractivity contribution in [1.29, 1.82) is 0 Å². The summed E-state index contributed by atoms with van der Waals surface area (Å²) in [7, 11) is 0. The summed E-state index contributed by atoms with van der Waals surface area (Å²) >= 11 is 0. The molecule has 1 atom stereocenters. The van der Waals surface area contributed by atoms with Crippen LogP contribution in [-0.4, -0.2) is 11.2 Å². The lowest BCUT2D eigenvalue weighted by Crippen LogP contribution is -2.17. The Hall–Kier alpha value is -1.65. The van der Waals surface area contributed by atoms with Crippen LogP contribution in [0.25, 0.3) is 10.9 Å². The van der Waals surface area contributed by atoms with Crippen LogP contribution < -0.4 is 0 Å². The van der Waals surface area contributed by atoms with Gasteiger partial charge >= 0.3 is 6.18 Å². The topological polar surface area (TPSA) is 12.9 Å². The van der Waals surface area contributed by atoms with Crippen LogP contribution in [0.4, 0.5) is 17.6 Å². The van der Waals surface area contributed by atoms with Crippen molar-refractivity contribution in [3.05, 3.63) is 42.1 Å². The molecule has 0 spiro atoms. The van der Waals surface area contributed by atoms with Gasteiger partial charge in [0.15, 0.2) is 0 Å². The highest BCUT2D eigenvalue weighted by Gasteiger charge is 2.42. The number of benzene rings is 1. The van der Waals surface area contributed by atoms with E-state index in [1.807, 2.05) is 0 Å². The molecule has 1 heterocycles. The molecule has 0 bridgehead atoms. The maximum absolute atomic E-state index is 13.0. The second kappa shape index (κ2) is 3.73. The maximum atomic E-state index is 13.0. The second-order valence-corrected chi connectivity index (χ2v) is 3.33. The number of rotatable bonds is 1. The van der Waals surface area contributed by atoms with Gasteiger partial charge in [-0.1, -0.05) is 24.3 Å². The summed E-state index contributed by atoms with van der Waals surface area (Å²) < 4.78 is 49.3. The van der Waals surface area contributed by atoms with Gasteiger partial charge < -0.3 is 0 Å². The fourth-order valence-corrected chi connectivity index (χ4v) is 1.39. The first-order valence-corrected chi connectivity index (χ1v) is 4.55. The van der Waals surface area contributed by atoms with Gasteiger partial charge in [0.05, 0.1) is 11.2 Å². The van der Waals surface area contributed by atoms with Gasteiger partial charge in [0.1, 0.15) is 0 Å². The maximum Gasteiger partial charge on any atom is 0.425 e. The Bertz CT molecular complexity index is 507. The molecule has 0 saturated carbocycles. The predicted octanol–water partition coefficient (Wildman–Crippen LogP) is 3.81. The zero-order valence-electron chi connectivity index (χ0n) is 8.00. The molecule has 0 fully saturated rings. The minimum Gasteiger partial charge on any atom is -0.249 e. The molecule has 0 radical (unpaired) electrons. The Morgan fingerprint density at radius 1 is 1.00 bits per heavy atom. The molecular formula is C11H7F4N. The smallest absolute Gasteiger partial charge is 0.249 e. The summed E-state index contributed by atoms with van der Waals surface area (Å²) in [6.07, 6.45) is -7.94. The fourth-order valence-electron chi connectivity index (χ4n) is 1.39. The average molecular weight is 229 g/mol. The highest BCUT2D eigenvalue weighted by molar-refractivity contribution is 5.78. The number of hydrogen-bond acceptors (Lipinski definition) is 1. The Kier molecular flexibility index (Phi) is 2.53. The zero-order valence-corrected chi connectivity index (χ0v) is 8.00. The summed E-state index contributed by atoms with van der Waals surface area (Å²) in [5.74, 6) is 0. The van der Waals surface area contributed by atoms with Crippen LogP contribution in [0.2, 0.25) is 0 Å². The molecule has 2 aromatic rings. The molecule has 0 aliphatic heterocycles. The molecule has 0 aliphatic carbocycles. The second-order valence-electron chi connectivity index (χ2n) is 3.33. The van der Waals surface area contributed by atoms with Crippen LogP contribution >= 0.6 is 0 Å². The lowest BCUT2D eigenvalue weighted by atomic mass is 10.1. The molecule has 1 aromatic heterocycles. The Balaban J connectivity index is 2.47. The first kappa shape index (κ1) is 10.9. The quantitative estimate of drug-likeness (QED) is 0.677. The highest BCUT2D eigenvalue weighted by Crippen LogP contribution is 2.35. The SMILES string of the molecule is FC(c1ccc2ccccc2n1)C(F)(F)F. The van der Waals surface area contributed by atoms with Gasteiger partial charge in [-0.3, -0.25) is 0 Å². The van der Waals surface area contributed by atoms with E-state index in [2.05, 4.69) is 4.98 Å². The molecule has 1 unspecified atom stereocenters. The fraction of sp³-hybridized carbons (Fsp3) is 0.182. The highest BCUT2D eigenvalue weighted by atomic mass is 19.4. The van der Waals surface area contributed by atoms with Crippen molar-refractivity contribution < 1.29 is 17.6 Å². The number of nitrogens with zero attached hydrogens (tertiary/aromatic N) is 1. The molecule has 0 saturated heterocycles. The monoisotopic (exact) mass is 229 g/mol. The van der Waals surface area contributed by atoms with E-state index >= 15 is 0 Å². The number of hydrogen-bond donors (Lipinski definition) is 0. The summed E-state index contributed by atoms with van der Waals surface area (Å²) in [6.45, 7) is 0. The van der Waals surface area contributed by atoms with Gasteiger partial charge in [0.2, 0.25) is 6.17 Å². The summed E-state index contributed by atoms with van der Waals surface area (Å²) in [5.41, 5.74) is -0.252. The van der Waals surface area contributed by atoms with Crippen LogP contribution in [0.3, 0.4) is 0 Å². The first-order valence-electron chi connectivity index (χ1n) is 4.55. The van der Waals surface area contributed by atoms with Gasteiger partial charge in [-0.05, 0) is 12.1 Å². The van der Waals surface area contributed by atoms with Crippen molar-refractivity contribution >= 4 is 10.9 Å². The predicted molar refractivity (Wildman–Crippen MR) is 51.6 cm³/mol. The number of fused-ring (bicyclic) bond motifs is 1. The van der Waals surface area contributed by atoms with Gasteiger partial charge in [-0.25, -0.2) is 9.37 Å². The molecule has 16 heavy (non-hydrogen) atoms. The molecule has 2 rings (SSSR count). The van der Waals surface area contributed by atoms with Gasteiger partial charge in [0, 0.05) is 5.39 Å². The molecule has 1 aromatic carbocycles. The Morgan fingerprint density at radius 2 is 1.69 bits per heavy atom. The Labute approximate surface area is 88.7 Å². The van der Waals surface area contributed by atoms with E-state index in [0.29, 0.717) is 10.9 Å². The number of alkyl halides is 4. The number of halogens is 4. The average Bonchev–Trinajstić information content (AvgIpc) is 2.26. The van der Waals surface area contributed by atoms with E-state index < -0.39 is 18.0 Å². The van der Waals surface area contributed by atoms with Crippen molar-refractivity contribution in [2.75, 3.05) is 0 Å². The van der Waals surface area contributed by atoms with Crippen molar-refractivity contribution in [2.24, 2.45) is 0 Å². The van der Waals surface area contributed by atoms with Crippen LogP contribution in [0.15, 0.2) is 36.4 Å². The van der Waals surface area contributed by atoms with E-state index in [9.17, 15) is 17.6 Å². The third-order valence-electron chi connectivity index (χ3n) is 2.17. The standard InChI is InChI=1S/C11H7F4N/c12-10(11(13,14)15)9-6-5-7-3-1-2-4-8(7)16-9/h1-6,10H. The lowest BCUT2D eigenvalue weighted by Gasteiger charge is -2.11. The molecule has 0 amide bonds. The molecule has 84 valence electrons. The van der Waals surface area contributed by atoms with Crippen molar-refractivity contribution in [3.63, 3.8) is 0 Å². The van der Waals surface area contributed by atoms with Gasteiger partial charge in [0.25, 0.3) is 0 Å². The zero-order chi connectivity index (χ0) is 11.8. The van der Waals surface area contributed by atoms with Gasteiger partial charge in [-0.15, -0.1) is 0 Å². The molecule has 5 heteroatoms. The minimum absolute atomic E-state index is 0.354. The van der Waals surface area contributed by atoms with E-state index in [-0.39, 0.29) is 0 Å². The minimum atomic E-state index is -4.91. The van der Waals surface area contributed by atoms with Crippen LogP contribution in [0.1, 0.15) is 11.9 Å². The molecular weight excluding hydrogens is 222 g/mol. The largest absolute Gasteiger partial charge is 0.425 e. The lowest BCUT2D eigenvalue weighted by molar-refractivity contribution is -0.183. The summed E-state index contributed by atoms with van der Waals surface area (Å²) in [5, 5.41) is 0.681. The van der Waals surface area contributed by atoms with E-state index in [1.165, 1.54) is 6.07 Å². The normalized spacial score (nSPS) is 14.0. The number of pyridine rings is 1. The van der Waals surface area contributed by atoms with Crippen LogP contribution in [0, 0.1) is 0 Å². The van der Waals surface area contributed by atoms with E-state index in [4.69, 9.17) is 0 Å². The third-order valence-corrected chi connectivity index (χ3v) is 2.17. The molecule has 1 nitrogen and oxygen atoms in total. The van der Waals surface area contributed by atoms with Gasteiger partial charge in [-0.2, -0.15) is 13.2 Å². The molecule has 0 N–H and O–H groups in total. The van der Waals surface area contributed by atoms with Crippen LogP contribution in [-0.2, 0) is 0 Å². The first-order chi connectivity index (χ1) is 7.48. The van der Waals surface area contributed by atoms with E-state index in [1.54, 1.807) is 24.3 Å². The van der Waals surface area contributed by atoms with Crippen molar-refractivity contribution in [3.8, 4) is 0 Å². The van der Waals surface area contributed by atoms with E-state index in [0.717, 1.165) is 6.07 Å². The number of para-hydroxylation sites is 1. The van der Waals surface area contributed by atoms with Crippen molar-refractivity contribution in [1.82, 2.24) is 4.98 Å². The van der Waals surface area contributed by atoms with Crippen LogP contribution in [0.5, 0.6) is 0 Å². The number of aromatic nitrogens is 1. The molecule has 0 aliphatic rings. The Morgan fingerprint density at radius 3 is 2.38 bits per heavy atom. The summed E-state index contributed by atoms with van der Waals surface area (Å²) in [4.78, 5) is 3.65. The third kappa shape index (κ3) is 1.98. The van der Waals surface area contributed by atoms with Crippen molar-refractivity contribution in [2.45, 2.75) is 12.3 Å². The summed E-state index contributed by atoms with van der Waals surface area (Å²) in [6, 6.07) is 9.10.